The van der Waals surface area contributed by atoms with E-state index in [9.17, 15) is 18.0 Å². The molecule has 0 aliphatic carbocycles. The molecule has 0 radical (unpaired) electrons. The Labute approximate surface area is 194 Å². The van der Waals surface area contributed by atoms with Gasteiger partial charge in [-0.25, -0.2) is 13.1 Å². The number of nitrogens with zero attached hydrogens (tertiary/aromatic N) is 4. The van der Waals surface area contributed by atoms with Gasteiger partial charge in [-0.05, 0) is 50.2 Å². The zero-order valence-electron chi connectivity index (χ0n) is 17.5. The highest BCUT2D eigenvalue weighted by Gasteiger charge is 2.32. The van der Waals surface area contributed by atoms with Crippen LogP contribution in [0.2, 0.25) is 5.02 Å². The van der Waals surface area contributed by atoms with Crippen LogP contribution in [0.3, 0.4) is 0 Å². The number of aryl methyl sites for hydroxylation is 2. The van der Waals surface area contributed by atoms with E-state index in [2.05, 4.69) is 5.10 Å². The van der Waals surface area contributed by atoms with Crippen molar-refractivity contribution in [3.63, 3.8) is 0 Å². The predicted octanol–water partition coefficient (Wildman–Crippen LogP) is 2.71. The predicted molar refractivity (Wildman–Crippen MR) is 123 cm³/mol. The second kappa shape index (κ2) is 8.78. The Morgan fingerprint density at radius 1 is 1.03 bits per heavy atom. The molecule has 32 heavy (non-hydrogen) atoms. The summed E-state index contributed by atoms with van der Waals surface area (Å²) in [5.74, 6) is -0.512. The summed E-state index contributed by atoms with van der Waals surface area (Å²) >= 11 is 7.17. The Morgan fingerprint density at radius 3 is 2.28 bits per heavy atom. The number of thiophene rings is 1. The summed E-state index contributed by atoms with van der Waals surface area (Å²) in [4.78, 5) is 28.0. The first-order chi connectivity index (χ1) is 15.2. The van der Waals surface area contributed by atoms with Gasteiger partial charge in [0.25, 0.3) is 15.9 Å². The van der Waals surface area contributed by atoms with Crippen LogP contribution >= 0.6 is 22.9 Å². The molecule has 11 heteroatoms. The molecule has 168 valence electrons. The first kappa shape index (κ1) is 22.7. The fourth-order valence-electron chi connectivity index (χ4n) is 3.50. The maximum atomic E-state index is 13.1. The number of aromatic nitrogens is 2. The number of halogens is 1. The van der Waals surface area contributed by atoms with Crippen molar-refractivity contribution in [3.8, 4) is 5.69 Å². The number of carbonyl (C=O) groups is 1. The van der Waals surface area contributed by atoms with E-state index in [0.717, 1.165) is 4.88 Å². The molecule has 1 aliphatic heterocycles. The van der Waals surface area contributed by atoms with Crippen LogP contribution in [-0.4, -0.2) is 59.5 Å². The average Bonchev–Trinajstić information content (AvgIpc) is 3.21. The third-order valence-electron chi connectivity index (χ3n) is 5.22. The molecule has 0 bridgehead atoms. The Kier molecular flexibility index (Phi) is 6.22. The van der Waals surface area contributed by atoms with E-state index >= 15 is 0 Å². The second-order valence-electron chi connectivity index (χ2n) is 7.45. The molecule has 4 rings (SSSR count). The van der Waals surface area contributed by atoms with Crippen LogP contribution in [0.1, 0.15) is 21.1 Å². The number of hydrogen-bond donors (Lipinski definition) is 0. The van der Waals surface area contributed by atoms with Gasteiger partial charge in [-0.15, -0.1) is 11.3 Å². The quantitative estimate of drug-likeness (QED) is 0.558. The Balaban J connectivity index is 1.54. The number of piperazine rings is 1. The van der Waals surface area contributed by atoms with Crippen LogP contribution in [0, 0.1) is 13.8 Å². The van der Waals surface area contributed by atoms with Crippen molar-refractivity contribution < 1.29 is 13.2 Å². The van der Waals surface area contributed by atoms with Crippen molar-refractivity contribution >= 4 is 38.9 Å². The lowest BCUT2D eigenvalue weighted by atomic mass is 10.2. The van der Waals surface area contributed by atoms with Gasteiger partial charge in [0.2, 0.25) is 5.43 Å². The molecular weight excluding hydrogens is 472 g/mol. The van der Waals surface area contributed by atoms with E-state index in [1.165, 1.54) is 31.3 Å². The largest absolute Gasteiger partial charge is 0.334 e. The van der Waals surface area contributed by atoms with Gasteiger partial charge in [0.15, 0.2) is 5.69 Å². The third-order valence-corrected chi connectivity index (χ3v) is 8.84. The summed E-state index contributed by atoms with van der Waals surface area (Å²) < 4.78 is 28.8. The monoisotopic (exact) mass is 492 g/mol. The number of hydrogen-bond acceptors (Lipinski definition) is 6. The number of carbonyl (C=O) groups excluding carboxylic acids is 1. The zero-order valence-corrected chi connectivity index (χ0v) is 19.9. The zero-order chi connectivity index (χ0) is 23.0. The average molecular weight is 493 g/mol. The summed E-state index contributed by atoms with van der Waals surface area (Å²) in [5.41, 5.74) is 0.580. The third kappa shape index (κ3) is 4.36. The minimum absolute atomic E-state index is 0.155. The van der Waals surface area contributed by atoms with Crippen molar-refractivity contribution in [1.29, 1.82) is 0 Å². The number of benzene rings is 1. The molecule has 1 aliphatic rings. The molecule has 1 fully saturated rings. The van der Waals surface area contributed by atoms with Gasteiger partial charge in [-0.1, -0.05) is 11.6 Å². The maximum Gasteiger partial charge on any atom is 0.278 e. The topological polar surface area (TPSA) is 92.6 Å². The molecule has 3 heterocycles. The summed E-state index contributed by atoms with van der Waals surface area (Å²) in [6.07, 6.45) is 0. The summed E-state index contributed by atoms with van der Waals surface area (Å²) in [6.45, 7) is 4.25. The Bertz CT molecular complexity index is 1320. The molecule has 1 amide bonds. The lowest BCUT2D eigenvalue weighted by molar-refractivity contribution is 0.0688. The molecule has 2 aromatic heterocycles. The minimum atomic E-state index is -3.59. The first-order valence-electron chi connectivity index (χ1n) is 9.89. The molecule has 3 aromatic rings. The van der Waals surface area contributed by atoms with Gasteiger partial charge in [0, 0.05) is 47.8 Å². The summed E-state index contributed by atoms with van der Waals surface area (Å²) in [7, 11) is -3.59. The molecule has 0 atom stereocenters. The molecule has 0 unspecified atom stereocenters. The van der Waals surface area contributed by atoms with E-state index in [4.69, 9.17) is 11.6 Å². The lowest BCUT2D eigenvalue weighted by Gasteiger charge is -2.33. The smallest absolute Gasteiger partial charge is 0.278 e. The highest BCUT2D eigenvalue weighted by molar-refractivity contribution is 7.91. The first-order valence-corrected chi connectivity index (χ1v) is 12.5. The van der Waals surface area contributed by atoms with Crippen molar-refractivity contribution in [2.45, 2.75) is 18.1 Å². The number of rotatable bonds is 4. The molecule has 0 saturated carbocycles. The van der Waals surface area contributed by atoms with Gasteiger partial charge in [-0.3, -0.25) is 9.59 Å². The van der Waals surface area contributed by atoms with Crippen LogP contribution in [0.15, 0.2) is 51.5 Å². The van der Waals surface area contributed by atoms with Gasteiger partial charge in [-0.2, -0.15) is 9.40 Å². The van der Waals surface area contributed by atoms with E-state index in [1.807, 2.05) is 6.92 Å². The number of amides is 1. The molecule has 1 aromatic carbocycles. The molecule has 1 saturated heterocycles. The highest BCUT2D eigenvalue weighted by Crippen LogP contribution is 2.25. The van der Waals surface area contributed by atoms with Crippen LogP contribution in [-0.2, 0) is 10.0 Å². The molecular formula is C21H21ClN4O4S2. The van der Waals surface area contributed by atoms with Gasteiger partial charge in [0.05, 0.1) is 5.69 Å². The Morgan fingerprint density at radius 2 is 1.69 bits per heavy atom. The van der Waals surface area contributed by atoms with Gasteiger partial charge in [0.1, 0.15) is 4.21 Å². The second-order valence-corrected chi connectivity index (χ2v) is 11.3. The SMILES string of the molecule is Cc1ccc(S(=O)(=O)N2CCN(C(=O)c3nn(-c4ccc(Cl)cc4)c(C)cc3=O)CC2)s1. The van der Waals surface area contributed by atoms with Gasteiger partial charge < -0.3 is 4.90 Å². The fourth-order valence-corrected chi connectivity index (χ4v) is 6.48. The van der Waals surface area contributed by atoms with Crippen LogP contribution < -0.4 is 5.43 Å². The van der Waals surface area contributed by atoms with E-state index < -0.39 is 21.4 Å². The van der Waals surface area contributed by atoms with E-state index in [0.29, 0.717) is 20.6 Å². The normalized spacial score (nSPS) is 15.2. The van der Waals surface area contributed by atoms with Crippen LogP contribution in [0.25, 0.3) is 5.69 Å². The molecule has 0 N–H and O–H groups in total. The van der Waals surface area contributed by atoms with Crippen LogP contribution in [0.5, 0.6) is 0 Å². The standard InChI is InChI=1S/C21H21ClN4O4S2/c1-14-13-18(27)20(23-26(14)17-6-4-16(22)5-7-17)21(28)24-9-11-25(12-10-24)32(29,30)19-8-3-15(2)31-19/h3-8,13H,9-12H2,1-2H3. The summed E-state index contributed by atoms with van der Waals surface area (Å²) in [6, 6.07) is 11.6. The fraction of sp³-hybridized carbons (Fsp3) is 0.286. The van der Waals surface area contributed by atoms with Crippen molar-refractivity contribution in [2.24, 2.45) is 0 Å². The maximum absolute atomic E-state index is 13.1. The van der Waals surface area contributed by atoms with Crippen LogP contribution in [0.4, 0.5) is 0 Å². The van der Waals surface area contributed by atoms with E-state index in [-0.39, 0.29) is 31.9 Å². The highest BCUT2D eigenvalue weighted by atomic mass is 35.5. The number of sulfonamides is 1. The minimum Gasteiger partial charge on any atom is -0.334 e. The van der Waals surface area contributed by atoms with Crippen molar-refractivity contribution in [1.82, 2.24) is 19.0 Å². The molecule has 8 nitrogen and oxygen atoms in total. The summed E-state index contributed by atoms with van der Waals surface area (Å²) in [5, 5.41) is 4.87. The van der Waals surface area contributed by atoms with E-state index in [1.54, 1.807) is 43.3 Å². The van der Waals surface area contributed by atoms with Gasteiger partial charge >= 0.3 is 0 Å². The van der Waals surface area contributed by atoms with Crippen molar-refractivity contribution in [3.05, 3.63) is 74.0 Å². The Hall–Kier alpha value is -2.53. The van der Waals surface area contributed by atoms with Crippen molar-refractivity contribution in [2.75, 3.05) is 26.2 Å². The molecule has 0 spiro atoms. The lowest BCUT2D eigenvalue weighted by Crippen LogP contribution is -2.51.